The number of carbonyl (C=O) groups excluding carboxylic acids is 5. The maximum Gasteiger partial charge on any atom is 0.309 e. The van der Waals surface area contributed by atoms with Crippen LogP contribution in [0.25, 0.3) is 0 Å². The number of carbonyl (C=O) groups is 5. The summed E-state index contributed by atoms with van der Waals surface area (Å²) in [5.41, 5.74) is -0.831. The van der Waals surface area contributed by atoms with Gasteiger partial charge in [0.25, 0.3) is 0 Å². The number of nitrogens with zero attached hydrogens (tertiary/aromatic N) is 1. The third-order valence-electron chi connectivity index (χ3n) is 11.9. The van der Waals surface area contributed by atoms with Gasteiger partial charge in [-0.3, -0.25) is 19.2 Å². The van der Waals surface area contributed by atoms with Gasteiger partial charge in [-0.15, -0.1) is 0 Å². The molecule has 2 saturated heterocycles. The van der Waals surface area contributed by atoms with Gasteiger partial charge in [0.05, 0.1) is 37.4 Å². The normalized spacial score (nSPS) is 38.4. The molecule has 16 atom stereocenters. The number of cyclic esters (lactones) is 1. The first kappa shape index (κ1) is 52.3. The Balaban J connectivity index is 1.99. The molecule has 0 aliphatic carbocycles. The van der Waals surface area contributed by atoms with Gasteiger partial charge in [-0.1, -0.05) is 52.3 Å². The molecule has 0 bridgehead atoms. The molecule has 16 nitrogen and oxygen atoms in total. The van der Waals surface area contributed by atoms with Crippen LogP contribution in [0.15, 0.2) is 23.8 Å². The molecular formula is C45H73NO15. The molecule has 0 saturated carbocycles. The van der Waals surface area contributed by atoms with E-state index in [1.165, 1.54) is 13.0 Å². The Morgan fingerprint density at radius 3 is 2.26 bits per heavy atom. The minimum Gasteiger partial charge on any atom is -0.462 e. The Morgan fingerprint density at radius 1 is 1.03 bits per heavy atom. The first-order chi connectivity index (χ1) is 28.5. The van der Waals surface area contributed by atoms with E-state index in [0.717, 1.165) is 0 Å². The van der Waals surface area contributed by atoms with Crippen LogP contribution in [0.2, 0.25) is 0 Å². The number of hydrogen-bond acceptors (Lipinski definition) is 16. The van der Waals surface area contributed by atoms with Crippen molar-refractivity contribution >= 4 is 30.0 Å². The second-order valence-corrected chi connectivity index (χ2v) is 18.1. The van der Waals surface area contributed by atoms with E-state index in [1.54, 1.807) is 72.7 Å². The molecule has 61 heavy (non-hydrogen) atoms. The number of aldehydes is 1. The lowest BCUT2D eigenvalue weighted by Gasteiger charge is -2.50. The molecule has 0 amide bonds. The predicted molar refractivity (Wildman–Crippen MR) is 222 cm³/mol. The Labute approximate surface area is 361 Å². The van der Waals surface area contributed by atoms with Crippen molar-refractivity contribution in [2.24, 2.45) is 29.6 Å². The molecule has 0 aromatic carbocycles. The van der Waals surface area contributed by atoms with Crippen LogP contribution >= 0.6 is 0 Å². The monoisotopic (exact) mass is 867 g/mol. The smallest absolute Gasteiger partial charge is 0.309 e. The lowest BCUT2D eigenvalue weighted by molar-refractivity contribution is -0.342. The SMILES string of the molecule is CCC1OC(=O)CC(OC(C)=O)C(C)C(OC2OC(C)C(OC3CC(C)(O)C(OC(=O)CC(C)C)C(C)O3)C(N(C)C)C2O)C(CC=O)CC(C)C(=O)C=CC(C)=CC1CO. The maximum atomic E-state index is 13.6. The van der Waals surface area contributed by atoms with Crippen LogP contribution in [0.1, 0.15) is 108 Å². The molecule has 0 aromatic rings. The number of allylic oxidation sites excluding steroid dienone is 3. The molecule has 0 aromatic heterocycles. The van der Waals surface area contributed by atoms with E-state index in [-0.39, 0.29) is 50.4 Å². The van der Waals surface area contributed by atoms with E-state index in [2.05, 4.69) is 0 Å². The lowest BCUT2D eigenvalue weighted by Crippen LogP contribution is -2.65. The quantitative estimate of drug-likeness (QED) is 0.136. The number of ketones is 1. The number of aliphatic hydroxyl groups excluding tert-OH is 2. The van der Waals surface area contributed by atoms with Crippen molar-refractivity contribution in [3.05, 3.63) is 23.8 Å². The van der Waals surface area contributed by atoms with Gasteiger partial charge in [-0.05, 0) is 72.5 Å². The van der Waals surface area contributed by atoms with Crippen LogP contribution in [-0.4, -0.2) is 144 Å². The summed E-state index contributed by atoms with van der Waals surface area (Å²) in [6.45, 7) is 16.7. The first-order valence-electron chi connectivity index (χ1n) is 21.7. The summed E-state index contributed by atoms with van der Waals surface area (Å²) in [4.78, 5) is 66.3. The van der Waals surface area contributed by atoms with Gasteiger partial charge in [0.1, 0.15) is 36.3 Å². The average Bonchev–Trinajstić information content (AvgIpc) is 3.15. The molecule has 2 fully saturated rings. The predicted octanol–water partition coefficient (Wildman–Crippen LogP) is 3.84. The Bertz CT molecular complexity index is 1530. The molecule has 0 spiro atoms. The third-order valence-corrected chi connectivity index (χ3v) is 11.9. The standard InChI is InChI=1S/C45H73NO15/c1-13-34-32(23-48)19-25(4)14-15-33(50)26(5)20-31(16-17-47)41(27(6)35(57-30(9)49)21-37(52)58-34)61-44-40(53)39(46(11)12)42(28(7)56-44)60-38-22-45(10,54)43(29(8)55-38)59-36(51)18-24(2)3/h14-15,17,19,24,26-29,31-32,34-35,38-44,48,53-54H,13,16,18,20-23H2,1-12H3. The highest BCUT2D eigenvalue weighted by Gasteiger charge is 2.52. The van der Waals surface area contributed by atoms with Crippen molar-refractivity contribution in [1.29, 1.82) is 0 Å². The van der Waals surface area contributed by atoms with Gasteiger partial charge < -0.3 is 58.2 Å². The van der Waals surface area contributed by atoms with E-state index in [1.807, 2.05) is 20.8 Å². The molecule has 0 radical (unpaired) electrons. The van der Waals surface area contributed by atoms with Crippen molar-refractivity contribution in [3.8, 4) is 0 Å². The fourth-order valence-corrected chi connectivity index (χ4v) is 8.77. The second-order valence-electron chi connectivity index (χ2n) is 18.1. The fourth-order valence-electron chi connectivity index (χ4n) is 8.77. The Kier molecular flexibility index (Phi) is 20.2. The number of rotatable bonds is 13. The summed E-state index contributed by atoms with van der Waals surface area (Å²) in [6.07, 6.45) is -4.13. The van der Waals surface area contributed by atoms with Gasteiger partial charge in [0, 0.05) is 43.9 Å². The molecule has 16 unspecified atom stereocenters. The number of likely N-dealkylation sites (N-methyl/N-ethyl adjacent to an activating group) is 1. The zero-order chi connectivity index (χ0) is 45.9. The van der Waals surface area contributed by atoms with E-state index in [4.69, 9.17) is 33.2 Å². The zero-order valence-corrected chi connectivity index (χ0v) is 38.2. The van der Waals surface area contributed by atoms with Gasteiger partial charge in [-0.2, -0.15) is 0 Å². The minimum atomic E-state index is -1.51. The maximum absolute atomic E-state index is 13.6. The van der Waals surface area contributed by atoms with Crippen molar-refractivity contribution in [2.75, 3.05) is 20.7 Å². The van der Waals surface area contributed by atoms with Crippen LogP contribution in [0.4, 0.5) is 0 Å². The van der Waals surface area contributed by atoms with Crippen molar-refractivity contribution in [3.63, 3.8) is 0 Å². The number of ether oxygens (including phenoxy) is 7. The van der Waals surface area contributed by atoms with Crippen molar-refractivity contribution in [2.45, 2.75) is 181 Å². The highest BCUT2D eigenvalue weighted by Crippen LogP contribution is 2.38. The van der Waals surface area contributed by atoms with Gasteiger partial charge in [0.2, 0.25) is 0 Å². The molecule has 16 heteroatoms. The van der Waals surface area contributed by atoms with Gasteiger partial charge >= 0.3 is 17.9 Å². The minimum absolute atomic E-state index is 0.0507. The summed E-state index contributed by atoms with van der Waals surface area (Å²) < 4.78 is 43.0. The number of aliphatic hydroxyl groups is 3. The Morgan fingerprint density at radius 2 is 1.70 bits per heavy atom. The summed E-state index contributed by atoms with van der Waals surface area (Å²) in [7, 11) is 3.50. The van der Waals surface area contributed by atoms with Gasteiger partial charge in [0.15, 0.2) is 24.5 Å². The van der Waals surface area contributed by atoms with Crippen molar-refractivity contribution < 1.29 is 72.5 Å². The molecule has 3 rings (SSSR count). The molecule has 348 valence electrons. The molecule has 3 N–H and O–H groups in total. The fraction of sp³-hybridized carbons (Fsp3) is 0.800. The zero-order valence-electron chi connectivity index (χ0n) is 38.2. The third kappa shape index (κ3) is 14.7. The largest absolute Gasteiger partial charge is 0.462 e. The summed E-state index contributed by atoms with van der Waals surface area (Å²) >= 11 is 0. The topological polar surface area (TPSA) is 214 Å². The molecule has 3 aliphatic heterocycles. The van der Waals surface area contributed by atoms with E-state index < -0.39 is 115 Å². The van der Waals surface area contributed by atoms with Crippen LogP contribution in [0.3, 0.4) is 0 Å². The van der Waals surface area contributed by atoms with Gasteiger partial charge in [-0.25, -0.2) is 0 Å². The summed E-state index contributed by atoms with van der Waals surface area (Å²) in [5.74, 6) is -4.62. The second kappa shape index (κ2) is 23.6. The van der Waals surface area contributed by atoms with Crippen LogP contribution in [-0.2, 0) is 57.1 Å². The Hall–Kier alpha value is -3.09. The number of esters is 3. The first-order valence-corrected chi connectivity index (χ1v) is 21.7. The summed E-state index contributed by atoms with van der Waals surface area (Å²) in [5, 5.41) is 33.8. The number of hydrogen-bond donors (Lipinski definition) is 3. The average molecular weight is 868 g/mol. The highest BCUT2D eigenvalue weighted by molar-refractivity contribution is 5.91. The lowest BCUT2D eigenvalue weighted by atomic mass is 9.79. The summed E-state index contributed by atoms with van der Waals surface area (Å²) in [6, 6.07) is -0.781. The highest BCUT2D eigenvalue weighted by atomic mass is 16.7. The van der Waals surface area contributed by atoms with E-state index in [9.17, 15) is 39.3 Å². The van der Waals surface area contributed by atoms with Crippen LogP contribution in [0.5, 0.6) is 0 Å². The molecular weight excluding hydrogens is 794 g/mol. The molecule has 3 aliphatic rings. The molecule has 3 heterocycles. The van der Waals surface area contributed by atoms with Crippen LogP contribution in [0, 0.1) is 29.6 Å². The van der Waals surface area contributed by atoms with Crippen LogP contribution < -0.4 is 0 Å². The van der Waals surface area contributed by atoms with Crippen molar-refractivity contribution in [1.82, 2.24) is 4.90 Å². The van der Waals surface area contributed by atoms with E-state index in [0.29, 0.717) is 18.3 Å². The van der Waals surface area contributed by atoms with E-state index >= 15 is 0 Å².